The van der Waals surface area contributed by atoms with E-state index in [1.54, 1.807) is 0 Å². The van der Waals surface area contributed by atoms with Crippen molar-refractivity contribution in [2.24, 2.45) is 0 Å². The molecule has 2 N–H and O–H groups in total. The van der Waals surface area contributed by atoms with Gasteiger partial charge in [-0.1, -0.05) is 12.1 Å². The highest BCUT2D eigenvalue weighted by atomic mass is 32.1. The van der Waals surface area contributed by atoms with Crippen molar-refractivity contribution >= 4 is 28.3 Å². The Labute approximate surface area is 116 Å². The molecule has 0 aliphatic heterocycles. The maximum atomic E-state index is 6.12. The molecule has 1 unspecified atom stereocenters. The average Bonchev–Trinajstić information content (AvgIpc) is 2.92. The van der Waals surface area contributed by atoms with Crippen LogP contribution in [0.5, 0.6) is 0 Å². The summed E-state index contributed by atoms with van der Waals surface area (Å²) in [6, 6.07) is 10.7. The van der Waals surface area contributed by atoms with Crippen molar-refractivity contribution in [1.29, 1.82) is 0 Å². The van der Waals surface area contributed by atoms with Gasteiger partial charge < -0.3 is 10.3 Å². The fourth-order valence-corrected chi connectivity index (χ4v) is 3.46. The predicted molar refractivity (Wildman–Crippen MR) is 81.8 cm³/mol. The molecule has 98 valence electrons. The van der Waals surface area contributed by atoms with Crippen LogP contribution in [0.1, 0.15) is 28.3 Å². The van der Waals surface area contributed by atoms with Crippen molar-refractivity contribution in [3.05, 3.63) is 45.6 Å². The van der Waals surface area contributed by atoms with E-state index in [0.29, 0.717) is 5.95 Å². The molecule has 1 aromatic carbocycles. The van der Waals surface area contributed by atoms with Crippen LogP contribution in [0.4, 0.5) is 5.95 Å². The quantitative estimate of drug-likeness (QED) is 0.768. The van der Waals surface area contributed by atoms with Crippen LogP contribution < -0.4 is 5.73 Å². The lowest BCUT2D eigenvalue weighted by Crippen LogP contribution is -2.09. The number of aromatic nitrogens is 2. The Hall–Kier alpha value is -1.81. The van der Waals surface area contributed by atoms with E-state index in [9.17, 15) is 0 Å². The first-order chi connectivity index (χ1) is 9.08. The van der Waals surface area contributed by atoms with Crippen LogP contribution in [-0.2, 0) is 0 Å². The Balaban J connectivity index is 2.22. The molecule has 0 spiro atoms. The first kappa shape index (κ1) is 12.2. The molecule has 0 aliphatic rings. The van der Waals surface area contributed by atoms with Gasteiger partial charge in [-0.25, -0.2) is 4.98 Å². The number of hydrogen-bond donors (Lipinski definition) is 1. The SMILES string of the molecule is Cc1ccc(C(C)n2c(N)nc3cccc(C)c32)s1. The number of anilines is 1. The molecule has 4 heteroatoms. The highest BCUT2D eigenvalue weighted by molar-refractivity contribution is 7.12. The molecule has 2 aromatic heterocycles. The van der Waals surface area contributed by atoms with E-state index in [4.69, 9.17) is 5.73 Å². The third kappa shape index (κ3) is 1.92. The molecule has 2 heterocycles. The Morgan fingerprint density at radius 2 is 2.00 bits per heavy atom. The molecule has 19 heavy (non-hydrogen) atoms. The van der Waals surface area contributed by atoms with E-state index in [1.807, 2.05) is 23.5 Å². The van der Waals surface area contributed by atoms with Crippen LogP contribution in [0.2, 0.25) is 0 Å². The van der Waals surface area contributed by atoms with Gasteiger partial charge in [0, 0.05) is 9.75 Å². The zero-order chi connectivity index (χ0) is 13.6. The molecule has 3 aromatic rings. The first-order valence-corrected chi connectivity index (χ1v) is 7.19. The van der Waals surface area contributed by atoms with Gasteiger partial charge in [0.05, 0.1) is 17.1 Å². The minimum Gasteiger partial charge on any atom is -0.369 e. The zero-order valence-corrected chi connectivity index (χ0v) is 12.2. The molecular formula is C15H17N3S. The van der Waals surface area contributed by atoms with Crippen LogP contribution >= 0.6 is 11.3 Å². The van der Waals surface area contributed by atoms with E-state index < -0.39 is 0 Å². The van der Waals surface area contributed by atoms with Gasteiger partial charge in [-0.05, 0) is 44.5 Å². The lowest BCUT2D eigenvalue weighted by molar-refractivity contribution is 0.679. The van der Waals surface area contributed by atoms with Crippen LogP contribution in [0, 0.1) is 13.8 Å². The van der Waals surface area contributed by atoms with E-state index in [2.05, 4.69) is 48.5 Å². The van der Waals surface area contributed by atoms with Crippen molar-refractivity contribution in [2.45, 2.75) is 26.8 Å². The number of thiophene rings is 1. The number of hydrogen-bond acceptors (Lipinski definition) is 3. The second kappa shape index (κ2) is 4.38. The molecule has 3 nitrogen and oxygen atoms in total. The summed E-state index contributed by atoms with van der Waals surface area (Å²) in [5.41, 5.74) is 9.44. The van der Waals surface area contributed by atoms with Crippen molar-refractivity contribution in [2.75, 3.05) is 5.73 Å². The number of fused-ring (bicyclic) bond motifs is 1. The standard InChI is InChI=1S/C15H17N3S/c1-9-5-4-6-12-14(9)18(15(16)17-12)11(3)13-8-7-10(2)19-13/h4-8,11H,1-3H3,(H2,16,17). The third-order valence-electron chi connectivity index (χ3n) is 3.50. The van der Waals surface area contributed by atoms with Gasteiger partial charge in [0.1, 0.15) is 0 Å². The first-order valence-electron chi connectivity index (χ1n) is 6.37. The summed E-state index contributed by atoms with van der Waals surface area (Å²) in [6.07, 6.45) is 0. The Morgan fingerprint density at radius 1 is 1.21 bits per heavy atom. The molecule has 0 fully saturated rings. The van der Waals surface area contributed by atoms with Crippen LogP contribution in [0.25, 0.3) is 11.0 Å². The number of aryl methyl sites for hydroxylation is 2. The molecule has 3 rings (SSSR count). The summed E-state index contributed by atoms with van der Waals surface area (Å²) in [6.45, 7) is 6.41. The second-order valence-corrected chi connectivity index (χ2v) is 6.23. The smallest absolute Gasteiger partial charge is 0.201 e. The molecule has 0 saturated carbocycles. The zero-order valence-electron chi connectivity index (χ0n) is 11.3. The molecular weight excluding hydrogens is 254 g/mol. The lowest BCUT2D eigenvalue weighted by atomic mass is 10.2. The third-order valence-corrected chi connectivity index (χ3v) is 4.67. The van der Waals surface area contributed by atoms with E-state index in [1.165, 1.54) is 15.3 Å². The van der Waals surface area contributed by atoms with E-state index >= 15 is 0 Å². The minimum atomic E-state index is 0.213. The fourth-order valence-electron chi connectivity index (χ4n) is 2.54. The summed E-state index contributed by atoms with van der Waals surface area (Å²) >= 11 is 1.81. The largest absolute Gasteiger partial charge is 0.369 e. The number of nitrogen functional groups attached to an aromatic ring is 1. The van der Waals surface area contributed by atoms with Crippen molar-refractivity contribution in [3.63, 3.8) is 0 Å². The van der Waals surface area contributed by atoms with E-state index in [-0.39, 0.29) is 6.04 Å². The van der Waals surface area contributed by atoms with Crippen LogP contribution in [0.15, 0.2) is 30.3 Å². The normalized spacial score (nSPS) is 13.0. The van der Waals surface area contributed by atoms with Crippen LogP contribution in [-0.4, -0.2) is 9.55 Å². The number of nitrogens with zero attached hydrogens (tertiary/aromatic N) is 2. The summed E-state index contributed by atoms with van der Waals surface area (Å²) in [4.78, 5) is 7.11. The number of benzene rings is 1. The summed E-state index contributed by atoms with van der Waals surface area (Å²) < 4.78 is 2.13. The molecule has 0 saturated heterocycles. The fraction of sp³-hybridized carbons (Fsp3) is 0.267. The summed E-state index contributed by atoms with van der Waals surface area (Å²) in [5.74, 6) is 0.586. The number of para-hydroxylation sites is 1. The van der Waals surface area contributed by atoms with Gasteiger partial charge in [0.25, 0.3) is 0 Å². The van der Waals surface area contributed by atoms with Crippen molar-refractivity contribution < 1.29 is 0 Å². The van der Waals surface area contributed by atoms with E-state index in [0.717, 1.165) is 11.0 Å². The molecule has 1 atom stereocenters. The molecule has 0 bridgehead atoms. The monoisotopic (exact) mass is 271 g/mol. The Morgan fingerprint density at radius 3 is 2.68 bits per heavy atom. The average molecular weight is 271 g/mol. The minimum absolute atomic E-state index is 0.213. The highest BCUT2D eigenvalue weighted by Gasteiger charge is 2.17. The summed E-state index contributed by atoms with van der Waals surface area (Å²) in [7, 11) is 0. The van der Waals surface area contributed by atoms with Crippen molar-refractivity contribution in [1.82, 2.24) is 9.55 Å². The number of rotatable bonds is 2. The molecule has 0 aliphatic carbocycles. The Kier molecular flexibility index (Phi) is 2.82. The predicted octanol–water partition coefficient (Wildman–Crippen LogP) is 3.91. The maximum Gasteiger partial charge on any atom is 0.201 e. The van der Waals surface area contributed by atoms with Gasteiger partial charge in [-0.3, -0.25) is 0 Å². The number of nitrogens with two attached hydrogens (primary N) is 1. The number of imidazole rings is 1. The lowest BCUT2D eigenvalue weighted by Gasteiger charge is -2.15. The molecule has 0 amide bonds. The van der Waals surface area contributed by atoms with Crippen molar-refractivity contribution in [3.8, 4) is 0 Å². The second-order valence-electron chi connectivity index (χ2n) is 4.91. The van der Waals surface area contributed by atoms with Gasteiger partial charge >= 0.3 is 0 Å². The molecule has 0 radical (unpaired) electrons. The van der Waals surface area contributed by atoms with Crippen LogP contribution in [0.3, 0.4) is 0 Å². The highest BCUT2D eigenvalue weighted by Crippen LogP contribution is 2.32. The van der Waals surface area contributed by atoms with Gasteiger partial charge in [0.2, 0.25) is 5.95 Å². The maximum absolute atomic E-state index is 6.12. The summed E-state index contributed by atoms with van der Waals surface area (Å²) in [5, 5.41) is 0. The van der Waals surface area contributed by atoms with Gasteiger partial charge in [-0.2, -0.15) is 0 Å². The Bertz CT molecular complexity index is 739. The topological polar surface area (TPSA) is 43.8 Å². The van der Waals surface area contributed by atoms with Gasteiger partial charge in [-0.15, -0.1) is 11.3 Å². The van der Waals surface area contributed by atoms with Gasteiger partial charge in [0.15, 0.2) is 0 Å².